The quantitative estimate of drug-likeness (QED) is 0.560. The molecular formula is C20H25F2NO4. The minimum atomic E-state index is -2.97. The Bertz CT molecular complexity index is 700. The first-order valence-electron chi connectivity index (χ1n) is 9.06. The molecule has 1 aromatic carbocycles. The van der Waals surface area contributed by atoms with Gasteiger partial charge < -0.3 is 14.2 Å². The van der Waals surface area contributed by atoms with Crippen LogP contribution in [0.4, 0.5) is 8.78 Å². The molecule has 0 spiro atoms. The van der Waals surface area contributed by atoms with E-state index in [4.69, 9.17) is 9.47 Å². The van der Waals surface area contributed by atoms with Crippen LogP contribution in [0.3, 0.4) is 0 Å². The van der Waals surface area contributed by atoms with E-state index in [1.165, 1.54) is 13.2 Å². The molecule has 1 aliphatic carbocycles. The number of rotatable bonds is 10. The third-order valence-electron chi connectivity index (χ3n) is 4.96. The van der Waals surface area contributed by atoms with Crippen molar-refractivity contribution in [2.45, 2.75) is 51.6 Å². The van der Waals surface area contributed by atoms with Crippen LogP contribution in [0.5, 0.6) is 11.5 Å². The van der Waals surface area contributed by atoms with Gasteiger partial charge in [-0.15, -0.1) is 0 Å². The minimum absolute atomic E-state index is 0.0571. The molecule has 0 saturated heterocycles. The van der Waals surface area contributed by atoms with Crippen molar-refractivity contribution in [2.75, 3.05) is 13.7 Å². The average molecular weight is 381 g/mol. The van der Waals surface area contributed by atoms with Crippen molar-refractivity contribution >= 4 is 5.97 Å². The molecule has 1 fully saturated rings. The number of methoxy groups -OCH3 is 1. The second kappa shape index (κ2) is 9.03. The molecule has 0 heterocycles. The van der Waals surface area contributed by atoms with Gasteiger partial charge in [-0.25, -0.2) is 0 Å². The van der Waals surface area contributed by atoms with Crippen molar-refractivity contribution in [1.82, 2.24) is 0 Å². The first-order valence-corrected chi connectivity index (χ1v) is 9.06. The number of carbonyl (C=O) groups is 1. The van der Waals surface area contributed by atoms with Crippen LogP contribution in [0.25, 0.3) is 0 Å². The van der Waals surface area contributed by atoms with Crippen molar-refractivity contribution < 1.29 is 27.8 Å². The lowest BCUT2D eigenvalue weighted by Crippen LogP contribution is -2.29. The topological polar surface area (TPSA) is 68.6 Å². The highest BCUT2D eigenvalue weighted by atomic mass is 19.3. The molecule has 0 radical (unpaired) electrons. The fraction of sp³-hybridized carbons (Fsp3) is 0.600. The molecule has 148 valence electrons. The van der Waals surface area contributed by atoms with Gasteiger partial charge in [-0.3, -0.25) is 4.79 Å². The number of hydrogen-bond acceptors (Lipinski definition) is 5. The lowest BCUT2D eigenvalue weighted by atomic mass is 9.73. The summed E-state index contributed by atoms with van der Waals surface area (Å²) in [7, 11) is 1.30. The van der Waals surface area contributed by atoms with E-state index >= 15 is 0 Å². The molecule has 7 heteroatoms. The summed E-state index contributed by atoms with van der Waals surface area (Å²) in [6.45, 7) is 1.01. The number of nitriles is 1. The molecule has 0 aliphatic heterocycles. The van der Waals surface area contributed by atoms with E-state index in [1.54, 1.807) is 19.1 Å². The molecule has 0 N–H and O–H groups in total. The highest BCUT2D eigenvalue weighted by Crippen LogP contribution is 2.40. The van der Waals surface area contributed by atoms with E-state index in [0.29, 0.717) is 24.5 Å². The largest absolute Gasteiger partial charge is 0.489 e. The van der Waals surface area contributed by atoms with Crippen LogP contribution in [0.2, 0.25) is 0 Å². The molecular weight excluding hydrogens is 356 g/mol. The van der Waals surface area contributed by atoms with Crippen molar-refractivity contribution in [3.8, 4) is 17.6 Å². The third kappa shape index (κ3) is 5.31. The standard InChI is InChI=1S/C20H25F2NO4/c1-4-20(12-23,10-13(2)18(24)25-3)15-7-8-16(27-19(21)22)17(9-15)26-11-14-5-6-14/h7-9,13-14,19H,4-6,10-11H2,1-3H3. The summed E-state index contributed by atoms with van der Waals surface area (Å²) in [6, 6.07) is 6.86. The Morgan fingerprint density at radius 3 is 2.59 bits per heavy atom. The van der Waals surface area contributed by atoms with Crippen molar-refractivity contribution in [3.05, 3.63) is 23.8 Å². The maximum absolute atomic E-state index is 12.7. The highest BCUT2D eigenvalue weighted by Gasteiger charge is 2.36. The second-order valence-corrected chi connectivity index (χ2v) is 6.97. The van der Waals surface area contributed by atoms with Crippen molar-refractivity contribution in [1.29, 1.82) is 5.26 Å². The van der Waals surface area contributed by atoms with E-state index in [2.05, 4.69) is 10.8 Å². The van der Waals surface area contributed by atoms with Gasteiger partial charge in [0.15, 0.2) is 11.5 Å². The van der Waals surface area contributed by atoms with E-state index in [-0.39, 0.29) is 17.9 Å². The van der Waals surface area contributed by atoms with Gasteiger partial charge in [-0.1, -0.05) is 19.9 Å². The van der Waals surface area contributed by atoms with E-state index < -0.39 is 23.9 Å². The fourth-order valence-corrected chi connectivity index (χ4v) is 3.07. The Balaban J connectivity index is 2.35. The summed E-state index contributed by atoms with van der Waals surface area (Å²) in [6.07, 6.45) is 2.81. The van der Waals surface area contributed by atoms with Gasteiger partial charge in [0.05, 0.1) is 31.1 Å². The molecule has 1 aromatic rings. The Morgan fingerprint density at radius 1 is 1.37 bits per heavy atom. The number of esters is 1. The highest BCUT2D eigenvalue weighted by molar-refractivity contribution is 5.72. The monoisotopic (exact) mass is 381 g/mol. The zero-order valence-electron chi connectivity index (χ0n) is 15.8. The summed E-state index contributed by atoms with van der Waals surface area (Å²) in [5.41, 5.74) is -0.357. The molecule has 2 unspecified atom stereocenters. The number of carbonyl (C=O) groups excluding carboxylic acids is 1. The van der Waals surface area contributed by atoms with Crippen molar-refractivity contribution in [3.63, 3.8) is 0 Å². The van der Waals surface area contributed by atoms with Gasteiger partial charge in [0.25, 0.3) is 0 Å². The van der Waals surface area contributed by atoms with Crippen LogP contribution < -0.4 is 9.47 Å². The SMILES string of the molecule is CCC(C#N)(CC(C)C(=O)OC)c1ccc(OC(F)F)c(OCC2CC2)c1. The summed E-state index contributed by atoms with van der Waals surface area (Å²) in [5.74, 6) is -0.315. The van der Waals surface area contributed by atoms with Crippen LogP contribution in [-0.2, 0) is 14.9 Å². The molecule has 27 heavy (non-hydrogen) atoms. The van der Waals surface area contributed by atoms with Crippen LogP contribution in [0.15, 0.2) is 18.2 Å². The summed E-state index contributed by atoms with van der Waals surface area (Å²) in [4.78, 5) is 11.8. The van der Waals surface area contributed by atoms with E-state index in [0.717, 1.165) is 12.8 Å². The molecule has 1 saturated carbocycles. The zero-order chi connectivity index (χ0) is 20.0. The molecule has 2 rings (SSSR count). The third-order valence-corrected chi connectivity index (χ3v) is 4.96. The average Bonchev–Trinajstić information content (AvgIpc) is 3.48. The van der Waals surface area contributed by atoms with Gasteiger partial charge in [-0.05, 0) is 49.3 Å². The molecule has 1 aliphatic rings. The number of nitrogens with zero attached hydrogens (tertiary/aromatic N) is 1. The second-order valence-electron chi connectivity index (χ2n) is 6.97. The summed E-state index contributed by atoms with van der Waals surface area (Å²) in [5, 5.41) is 9.87. The minimum Gasteiger partial charge on any atom is -0.489 e. The normalized spacial score (nSPS) is 16.9. The van der Waals surface area contributed by atoms with Gasteiger partial charge >= 0.3 is 12.6 Å². The molecule has 5 nitrogen and oxygen atoms in total. The summed E-state index contributed by atoms with van der Waals surface area (Å²) >= 11 is 0. The number of hydrogen-bond donors (Lipinski definition) is 0. The van der Waals surface area contributed by atoms with Gasteiger partial charge in [0.2, 0.25) is 0 Å². The predicted molar refractivity (Wildman–Crippen MR) is 94.7 cm³/mol. The van der Waals surface area contributed by atoms with Crippen LogP contribution in [-0.4, -0.2) is 26.3 Å². The first kappa shape index (κ1) is 20.9. The lowest BCUT2D eigenvalue weighted by Gasteiger charge is -2.28. The predicted octanol–water partition coefficient (Wildman–Crippen LogP) is 4.45. The summed E-state index contributed by atoms with van der Waals surface area (Å²) < 4.78 is 40.4. The molecule has 2 atom stereocenters. The Kier molecular flexibility index (Phi) is 7.00. The number of ether oxygens (including phenoxy) is 3. The Labute approximate surface area is 158 Å². The van der Waals surface area contributed by atoms with Crippen molar-refractivity contribution in [2.24, 2.45) is 11.8 Å². The smallest absolute Gasteiger partial charge is 0.387 e. The Morgan fingerprint density at radius 2 is 2.07 bits per heavy atom. The fourth-order valence-electron chi connectivity index (χ4n) is 3.07. The first-order chi connectivity index (χ1) is 12.8. The maximum Gasteiger partial charge on any atom is 0.387 e. The van der Waals surface area contributed by atoms with E-state index in [9.17, 15) is 18.8 Å². The van der Waals surface area contributed by atoms with Gasteiger partial charge in [0, 0.05) is 0 Å². The van der Waals surface area contributed by atoms with Crippen LogP contribution in [0.1, 0.15) is 45.1 Å². The van der Waals surface area contributed by atoms with E-state index in [1.807, 2.05) is 6.92 Å². The van der Waals surface area contributed by atoms with Gasteiger partial charge in [-0.2, -0.15) is 14.0 Å². The lowest BCUT2D eigenvalue weighted by molar-refractivity contribution is -0.145. The van der Waals surface area contributed by atoms with Crippen LogP contribution in [0, 0.1) is 23.2 Å². The Hall–Kier alpha value is -2.36. The maximum atomic E-state index is 12.7. The molecule has 0 bridgehead atoms. The molecule has 0 amide bonds. The number of benzene rings is 1. The number of halogens is 2. The zero-order valence-corrected chi connectivity index (χ0v) is 15.8. The van der Waals surface area contributed by atoms with Crippen LogP contribution >= 0.6 is 0 Å². The molecule has 0 aromatic heterocycles. The van der Waals surface area contributed by atoms with Gasteiger partial charge in [0.1, 0.15) is 0 Å². The number of alkyl halides is 2.